The van der Waals surface area contributed by atoms with Gasteiger partial charge in [-0.05, 0) is 27.0 Å². The summed E-state index contributed by atoms with van der Waals surface area (Å²) in [5.41, 5.74) is 10.2. The third-order valence-corrected chi connectivity index (χ3v) is 3.37. The van der Waals surface area contributed by atoms with Crippen molar-refractivity contribution in [2.45, 2.75) is 0 Å². The highest BCUT2D eigenvalue weighted by Crippen LogP contribution is 2.27. The zero-order valence-corrected chi connectivity index (χ0v) is 12.0. The number of benzene rings is 2. The highest BCUT2D eigenvalue weighted by Gasteiger charge is 2.15. The normalized spacial score (nSPS) is 11.2. The van der Waals surface area contributed by atoms with E-state index in [0.717, 1.165) is 0 Å². The number of hydrogen-bond acceptors (Lipinski definition) is 2. The van der Waals surface area contributed by atoms with Crippen molar-refractivity contribution in [3.8, 4) is 0 Å². The van der Waals surface area contributed by atoms with Crippen molar-refractivity contribution in [1.29, 1.82) is 0 Å². The van der Waals surface area contributed by atoms with Gasteiger partial charge < -0.3 is 0 Å². The van der Waals surface area contributed by atoms with E-state index in [-0.39, 0.29) is 16.0 Å². The minimum absolute atomic E-state index is 0.225. The highest BCUT2D eigenvalue weighted by molar-refractivity contribution is 9.12. The lowest BCUT2D eigenvalue weighted by Crippen LogP contribution is -2.00. The smallest absolute Gasteiger partial charge is 0.200 e. The minimum atomic E-state index is -0.225. The van der Waals surface area contributed by atoms with Crippen LogP contribution in [-0.2, 0) is 0 Å². The molecule has 0 bridgehead atoms. The molecule has 0 radical (unpaired) electrons. The van der Waals surface area contributed by atoms with E-state index in [1.54, 1.807) is 36.4 Å². The number of azide groups is 1. The van der Waals surface area contributed by atoms with Gasteiger partial charge in [0.05, 0.1) is 10.2 Å². The lowest BCUT2D eigenvalue weighted by Gasteiger charge is -2.05. The Hall–Kier alpha value is -2.36. The third kappa shape index (κ3) is 3.15. The van der Waals surface area contributed by atoms with E-state index >= 15 is 0 Å². The molecule has 0 N–H and O–H groups in total. The van der Waals surface area contributed by atoms with E-state index in [4.69, 9.17) is 5.53 Å². The fourth-order valence-corrected chi connectivity index (χ4v) is 2.23. The number of Topliss-reactive ketones (excluding diaryl/α,β-unsaturated/α-hetero) is 1. The molecule has 0 aliphatic carbocycles. The van der Waals surface area contributed by atoms with Crippen LogP contribution in [0.5, 0.6) is 0 Å². The van der Waals surface area contributed by atoms with Crippen molar-refractivity contribution in [2.75, 3.05) is 0 Å². The molecule has 2 aromatic carbocycles. The van der Waals surface area contributed by atoms with E-state index in [0.29, 0.717) is 11.1 Å². The summed E-state index contributed by atoms with van der Waals surface area (Å²) in [5.74, 6) is -0.225. The van der Waals surface area contributed by atoms with Gasteiger partial charge in [-0.1, -0.05) is 65.8 Å². The van der Waals surface area contributed by atoms with Gasteiger partial charge >= 0.3 is 0 Å². The lowest BCUT2D eigenvalue weighted by atomic mass is 10.1. The first kappa shape index (κ1) is 14.1. The third-order valence-electron chi connectivity index (χ3n) is 2.64. The van der Waals surface area contributed by atoms with Crippen LogP contribution in [0.15, 0.2) is 70.3 Å². The molecule has 0 unspecified atom stereocenters. The Morgan fingerprint density at radius 3 is 1.95 bits per heavy atom. The Morgan fingerprint density at radius 2 is 1.45 bits per heavy atom. The van der Waals surface area contributed by atoms with Crippen LogP contribution < -0.4 is 0 Å². The molecule has 0 amide bonds. The van der Waals surface area contributed by atoms with Crippen LogP contribution in [-0.4, -0.2) is 5.78 Å². The maximum Gasteiger partial charge on any atom is 0.200 e. The Bertz CT molecular complexity index is 690. The van der Waals surface area contributed by atoms with Crippen LogP contribution in [0.1, 0.15) is 15.9 Å². The molecule has 0 aliphatic heterocycles. The number of halogens is 1. The quantitative estimate of drug-likeness (QED) is 0.258. The molecular formula is C15H10BrN3O. The van der Waals surface area contributed by atoms with Gasteiger partial charge in [0.1, 0.15) is 0 Å². The van der Waals surface area contributed by atoms with Gasteiger partial charge in [0.2, 0.25) is 0 Å². The summed E-state index contributed by atoms with van der Waals surface area (Å²) in [5, 5.41) is 3.63. The molecule has 4 nitrogen and oxygen atoms in total. The predicted molar refractivity (Wildman–Crippen MR) is 82.2 cm³/mol. The largest absolute Gasteiger partial charge is 0.288 e. The van der Waals surface area contributed by atoms with Crippen LogP contribution >= 0.6 is 15.9 Å². The highest BCUT2D eigenvalue weighted by atomic mass is 79.9. The maximum atomic E-state index is 12.3. The van der Waals surface area contributed by atoms with Gasteiger partial charge in [0.25, 0.3) is 0 Å². The van der Waals surface area contributed by atoms with Crippen LogP contribution in [0.2, 0.25) is 0 Å². The van der Waals surface area contributed by atoms with Gasteiger partial charge in [-0.3, -0.25) is 4.79 Å². The van der Waals surface area contributed by atoms with Gasteiger partial charge in [-0.25, -0.2) is 0 Å². The lowest BCUT2D eigenvalue weighted by molar-refractivity contribution is 0.104. The average Bonchev–Trinajstić information content (AvgIpc) is 2.53. The van der Waals surface area contributed by atoms with Crippen molar-refractivity contribution in [3.63, 3.8) is 0 Å². The van der Waals surface area contributed by atoms with Crippen LogP contribution in [0, 0.1) is 0 Å². The monoisotopic (exact) mass is 327 g/mol. The molecule has 0 atom stereocenters. The van der Waals surface area contributed by atoms with Gasteiger partial charge in [-0.2, -0.15) is 0 Å². The molecule has 0 aromatic heterocycles. The molecular weight excluding hydrogens is 318 g/mol. The van der Waals surface area contributed by atoms with E-state index < -0.39 is 0 Å². The first-order valence-corrected chi connectivity index (χ1v) is 6.63. The molecule has 0 aliphatic rings. The molecule has 2 aromatic rings. The maximum absolute atomic E-state index is 12.3. The van der Waals surface area contributed by atoms with Gasteiger partial charge in [-0.15, -0.1) is 0 Å². The van der Waals surface area contributed by atoms with E-state index in [1.165, 1.54) is 0 Å². The second-order valence-corrected chi connectivity index (χ2v) is 4.71. The second kappa shape index (κ2) is 6.70. The predicted octanol–water partition coefficient (Wildman–Crippen LogP) is 4.94. The number of nitrogens with zero attached hydrogens (tertiary/aromatic N) is 3. The molecule has 0 saturated heterocycles. The molecule has 98 valence electrons. The number of carbonyl (C=O) groups excluding carboxylic acids is 1. The minimum Gasteiger partial charge on any atom is -0.288 e. The van der Waals surface area contributed by atoms with E-state index in [1.807, 2.05) is 24.3 Å². The number of allylic oxidation sites excluding steroid dienone is 1. The van der Waals surface area contributed by atoms with Gasteiger partial charge in [0, 0.05) is 10.5 Å². The molecule has 20 heavy (non-hydrogen) atoms. The average molecular weight is 328 g/mol. The Labute approximate surface area is 124 Å². The summed E-state index contributed by atoms with van der Waals surface area (Å²) in [6, 6.07) is 17.9. The molecule has 0 spiro atoms. The summed E-state index contributed by atoms with van der Waals surface area (Å²) in [6.45, 7) is 0. The van der Waals surface area contributed by atoms with E-state index in [2.05, 4.69) is 26.0 Å². The summed E-state index contributed by atoms with van der Waals surface area (Å²) in [7, 11) is 0. The molecule has 0 fully saturated rings. The van der Waals surface area contributed by atoms with Crippen LogP contribution in [0.4, 0.5) is 0 Å². The van der Waals surface area contributed by atoms with Crippen molar-refractivity contribution in [1.82, 2.24) is 0 Å². The van der Waals surface area contributed by atoms with Crippen molar-refractivity contribution in [3.05, 3.63) is 86.7 Å². The number of rotatable bonds is 4. The fraction of sp³-hybridized carbons (Fsp3) is 0. The summed E-state index contributed by atoms with van der Waals surface area (Å²) in [6.07, 6.45) is 0. The Morgan fingerprint density at radius 1 is 0.950 bits per heavy atom. The Kier molecular flexibility index (Phi) is 4.71. The molecule has 5 heteroatoms. The van der Waals surface area contributed by atoms with Gasteiger partial charge in [0.15, 0.2) is 5.78 Å². The second-order valence-electron chi connectivity index (χ2n) is 3.91. The van der Waals surface area contributed by atoms with E-state index in [9.17, 15) is 4.79 Å². The van der Waals surface area contributed by atoms with Crippen molar-refractivity contribution in [2.24, 2.45) is 5.11 Å². The number of hydrogen-bond donors (Lipinski definition) is 0. The summed E-state index contributed by atoms with van der Waals surface area (Å²) in [4.78, 5) is 15.1. The first-order valence-electron chi connectivity index (χ1n) is 5.84. The Balaban J connectivity index is 2.51. The SMILES string of the molecule is [N-]=[N+]=N/C(=C(/Br)C(=O)c1ccccc1)c1ccccc1. The topological polar surface area (TPSA) is 65.8 Å². The van der Waals surface area contributed by atoms with Crippen LogP contribution in [0.25, 0.3) is 16.1 Å². The summed E-state index contributed by atoms with van der Waals surface area (Å²) >= 11 is 3.25. The first-order chi connectivity index (χ1) is 9.74. The number of carbonyl (C=O) groups is 1. The molecule has 0 saturated carbocycles. The van der Waals surface area contributed by atoms with Crippen LogP contribution in [0.3, 0.4) is 0 Å². The molecule has 0 heterocycles. The summed E-state index contributed by atoms with van der Waals surface area (Å²) < 4.78 is 0.243. The number of ketones is 1. The zero-order valence-electron chi connectivity index (χ0n) is 10.4. The zero-order chi connectivity index (χ0) is 14.4. The standard InChI is InChI=1S/C15H10BrN3O/c16-13(15(20)12-9-5-2-6-10-12)14(18-19-17)11-7-3-1-4-8-11/h1-10H/b14-13+. The van der Waals surface area contributed by atoms with Crippen molar-refractivity contribution < 1.29 is 4.79 Å². The molecule has 2 rings (SSSR count). The van der Waals surface area contributed by atoms with Crippen molar-refractivity contribution >= 4 is 27.4 Å². The fourth-order valence-electron chi connectivity index (χ4n) is 1.69.